The molecule has 0 bridgehead atoms. The smallest absolute Gasteiger partial charge is 0.351 e. The molecule has 1 aromatic rings. The molecule has 2 N–H and O–H groups in total. The topological polar surface area (TPSA) is 89.2 Å². The summed E-state index contributed by atoms with van der Waals surface area (Å²) in [4.78, 5) is 0. The molecule has 0 aliphatic rings. The van der Waals surface area contributed by atoms with Crippen LogP contribution in [0.3, 0.4) is 0 Å². The van der Waals surface area contributed by atoms with Crippen LogP contribution in [0.15, 0.2) is 12.1 Å². The summed E-state index contributed by atoms with van der Waals surface area (Å²) < 4.78 is 39.3. The first-order valence-electron chi connectivity index (χ1n) is 6.92. The molecular weight excluding hydrogens is 309 g/mol. The van der Waals surface area contributed by atoms with Crippen molar-refractivity contribution in [2.24, 2.45) is 5.73 Å². The zero-order chi connectivity index (χ0) is 16.8. The molecule has 0 saturated heterocycles. The summed E-state index contributed by atoms with van der Waals surface area (Å²) >= 11 is 0. The van der Waals surface area contributed by atoms with E-state index in [1.54, 1.807) is 26.0 Å². The molecule has 0 radical (unpaired) electrons. The van der Waals surface area contributed by atoms with Crippen LogP contribution < -0.4 is 19.9 Å². The summed E-state index contributed by atoms with van der Waals surface area (Å²) in [5, 5.41) is 0. The number of hydrogen-bond acceptors (Lipinski definition) is 7. The van der Waals surface area contributed by atoms with Crippen LogP contribution in [0.25, 0.3) is 0 Å². The lowest BCUT2D eigenvalue weighted by Gasteiger charge is -2.25. The third-order valence-electron chi connectivity index (χ3n) is 3.01. The highest BCUT2D eigenvalue weighted by Gasteiger charge is 2.37. The van der Waals surface area contributed by atoms with Crippen LogP contribution >= 0.6 is 7.60 Å². The Morgan fingerprint density at radius 3 is 1.95 bits per heavy atom. The molecule has 0 spiro atoms. The largest absolute Gasteiger partial charge is 0.493 e. The fourth-order valence-electron chi connectivity index (χ4n) is 2.09. The highest BCUT2D eigenvalue weighted by Crippen LogP contribution is 2.60. The third-order valence-corrected chi connectivity index (χ3v) is 5.21. The minimum Gasteiger partial charge on any atom is -0.493 e. The second-order valence-corrected chi connectivity index (χ2v) is 6.40. The molecule has 7 nitrogen and oxygen atoms in total. The Morgan fingerprint density at radius 1 is 1.00 bits per heavy atom. The first-order chi connectivity index (χ1) is 10.5. The van der Waals surface area contributed by atoms with Gasteiger partial charge in [0, 0.05) is 5.56 Å². The molecule has 126 valence electrons. The van der Waals surface area contributed by atoms with Crippen molar-refractivity contribution < 1.29 is 27.8 Å². The van der Waals surface area contributed by atoms with E-state index < -0.39 is 13.4 Å². The summed E-state index contributed by atoms with van der Waals surface area (Å²) in [6, 6.07) is 3.33. The van der Waals surface area contributed by atoms with Gasteiger partial charge < -0.3 is 29.0 Å². The van der Waals surface area contributed by atoms with Gasteiger partial charge in [0.2, 0.25) is 5.75 Å². The molecule has 1 atom stereocenters. The average molecular weight is 333 g/mol. The van der Waals surface area contributed by atoms with Crippen molar-refractivity contribution in [3.05, 3.63) is 17.7 Å². The van der Waals surface area contributed by atoms with E-state index in [1.807, 2.05) is 0 Å². The Morgan fingerprint density at radius 2 is 1.55 bits per heavy atom. The van der Waals surface area contributed by atoms with Crippen LogP contribution in [0.2, 0.25) is 0 Å². The number of ether oxygens (including phenoxy) is 3. The first kappa shape index (κ1) is 18.8. The molecule has 0 saturated carbocycles. The number of hydrogen-bond donors (Lipinski definition) is 1. The standard InChI is InChI=1S/C14H24NO6P/c1-6-20-22(16,21-7-2)14(15)10-8-9-11(17-3)13(19-5)12(10)18-4/h8-9,14H,6-7,15H2,1-5H3/t14-/m0/s1. The summed E-state index contributed by atoms with van der Waals surface area (Å²) in [5.41, 5.74) is 6.61. The summed E-state index contributed by atoms with van der Waals surface area (Å²) in [7, 11) is 0.950. The molecule has 0 aromatic heterocycles. The van der Waals surface area contributed by atoms with Crippen molar-refractivity contribution >= 4 is 7.60 Å². The van der Waals surface area contributed by atoms with E-state index in [0.29, 0.717) is 22.8 Å². The summed E-state index contributed by atoms with van der Waals surface area (Å²) in [6.07, 6.45) is 0. The normalized spacial score (nSPS) is 12.8. The van der Waals surface area contributed by atoms with Crippen LogP contribution in [0.1, 0.15) is 25.2 Å². The first-order valence-corrected chi connectivity index (χ1v) is 8.53. The molecule has 1 aromatic carbocycles. The molecule has 0 unspecified atom stereocenters. The monoisotopic (exact) mass is 333 g/mol. The maximum Gasteiger partial charge on any atom is 0.351 e. The second kappa shape index (κ2) is 8.39. The average Bonchev–Trinajstić information content (AvgIpc) is 2.52. The lowest BCUT2D eigenvalue weighted by Crippen LogP contribution is -2.16. The van der Waals surface area contributed by atoms with Crippen LogP contribution in [0, 0.1) is 0 Å². The van der Waals surface area contributed by atoms with Gasteiger partial charge in [-0.2, -0.15) is 0 Å². The maximum atomic E-state index is 12.8. The van der Waals surface area contributed by atoms with E-state index in [2.05, 4.69) is 0 Å². The number of rotatable bonds is 9. The van der Waals surface area contributed by atoms with Gasteiger partial charge in [-0.3, -0.25) is 4.57 Å². The van der Waals surface area contributed by atoms with Gasteiger partial charge in [-0.15, -0.1) is 0 Å². The Labute approximate surface area is 131 Å². The predicted molar refractivity (Wildman–Crippen MR) is 83.9 cm³/mol. The highest BCUT2D eigenvalue weighted by molar-refractivity contribution is 7.54. The molecule has 8 heteroatoms. The summed E-state index contributed by atoms with van der Waals surface area (Å²) in [5.74, 6) is 0.201. The number of benzene rings is 1. The van der Waals surface area contributed by atoms with E-state index in [4.69, 9.17) is 29.0 Å². The van der Waals surface area contributed by atoms with E-state index in [0.717, 1.165) is 0 Å². The quantitative estimate of drug-likeness (QED) is 0.695. The highest BCUT2D eigenvalue weighted by atomic mass is 31.2. The Hall–Kier alpha value is -1.27. The summed E-state index contributed by atoms with van der Waals surface area (Å²) in [6.45, 7) is 3.90. The van der Waals surface area contributed by atoms with Crippen molar-refractivity contribution in [1.29, 1.82) is 0 Å². The predicted octanol–water partition coefficient (Wildman–Crippen LogP) is 2.94. The molecule has 0 aliphatic carbocycles. The van der Waals surface area contributed by atoms with Gasteiger partial charge in [-0.25, -0.2) is 0 Å². The van der Waals surface area contributed by atoms with Crippen LogP contribution in [-0.4, -0.2) is 34.5 Å². The molecule has 1 rings (SSSR count). The number of methoxy groups -OCH3 is 3. The van der Waals surface area contributed by atoms with Gasteiger partial charge in [-0.1, -0.05) is 0 Å². The fraction of sp³-hybridized carbons (Fsp3) is 0.571. The third kappa shape index (κ3) is 3.73. The van der Waals surface area contributed by atoms with Crippen LogP contribution in [0.5, 0.6) is 17.2 Å². The Balaban J connectivity index is 3.38. The van der Waals surface area contributed by atoms with E-state index in [1.165, 1.54) is 21.3 Å². The Kier molecular flexibility index (Phi) is 7.16. The van der Waals surface area contributed by atoms with E-state index >= 15 is 0 Å². The van der Waals surface area contributed by atoms with Crippen molar-refractivity contribution in [1.82, 2.24) is 0 Å². The molecule has 0 amide bonds. The van der Waals surface area contributed by atoms with Crippen LogP contribution in [0.4, 0.5) is 0 Å². The van der Waals surface area contributed by atoms with Gasteiger partial charge in [0.05, 0.1) is 34.5 Å². The SMILES string of the molecule is CCOP(=O)(OCC)[C@H](N)c1ccc(OC)c(OC)c1OC. The minimum atomic E-state index is -3.52. The molecule has 0 fully saturated rings. The lowest BCUT2D eigenvalue weighted by molar-refractivity contribution is 0.211. The fourth-order valence-corrected chi connectivity index (χ4v) is 3.74. The van der Waals surface area contributed by atoms with Crippen molar-refractivity contribution in [2.45, 2.75) is 19.6 Å². The van der Waals surface area contributed by atoms with Crippen molar-refractivity contribution in [2.75, 3.05) is 34.5 Å². The number of nitrogens with two attached hydrogens (primary N) is 1. The second-order valence-electron chi connectivity index (χ2n) is 4.24. The van der Waals surface area contributed by atoms with Gasteiger partial charge >= 0.3 is 7.60 Å². The van der Waals surface area contributed by atoms with E-state index in [-0.39, 0.29) is 13.2 Å². The zero-order valence-electron chi connectivity index (χ0n) is 13.6. The van der Waals surface area contributed by atoms with Gasteiger partial charge in [0.1, 0.15) is 5.78 Å². The minimum absolute atomic E-state index is 0.223. The Bertz CT molecular complexity index is 526. The van der Waals surface area contributed by atoms with Crippen molar-refractivity contribution in [3.63, 3.8) is 0 Å². The van der Waals surface area contributed by atoms with Gasteiger partial charge in [0.25, 0.3) is 0 Å². The molecule has 0 heterocycles. The van der Waals surface area contributed by atoms with Crippen molar-refractivity contribution in [3.8, 4) is 17.2 Å². The lowest BCUT2D eigenvalue weighted by atomic mass is 10.1. The van der Waals surface area contributed by atoms with Gasteiger partial charge in [-0.05, 0) is 26.0 Å². The molecule has 22 heavy (non-hydrogen) atoms. The molecular formula is C14H24NO6P. The maximum absolute atomic E-state index is 12.8. The van der Waals surface area contributed by atoms with Crippen LogP contribution in [-0.2, 0) is 13.6 Å². The molecule has 0 aliphatic heterocycles. The van der Waals surface area contributed by atoms with Gasteiger partial charge in [0.15, 0.2) is 11.5 Å². The zero-order valence-corrected chi connectivity index (χ0v) is 14.5. The van der Waals surface area contributed by atoms with E-state index in [9.17, 15) is 4.57 Å².